The van der Waals surface area contributed by atoms with Gasteiger partial charge in [0.1, 0.15) is 11.3 Å². The summed E-state index contributed by atoms with van der Waals surface area (Å²) in [6.45, 7) is 0. The van der Waals surface area contributed by atoms with Gasteiger partial charge in [-0.2, -0.15) is 0 Å². The molecule has 0 radical (unpaired) electrons. The third-order valence-corrected chi connectivity index (χ3v) is 3.22. The van der Waals surface area contributed by atoms with E-state index >= 15 is 0 Å². The molecule has 0 fully saturated rings. The second-order valence-corrected chi connectivity index (χ2v) is 4.31. The van der Waals surface area contributed by atoms with Crippen molar-refractivity contribution in [3.05, 3.63) is 68.8 Å². The zero-order valence-electron chi connectivity index (χ0n) is 9.99. The van der Waals surface area contributed by atoms with E-state index in [1.54, 1.807) is 0 Å². The van der Waals surface area contributed by atoms with Crippen molar-refractivity contribution in [3.8, 4) is 5.75 Å². The molecule has 2 aromatic carbocycles. The average Bonchev–Trinajstić information content (AvgIpc) is 2.43. The molecule has 0 spiro atoms. The number of hydrogen-bond acceptors (Lipinski definition) is 5. The lowest BCUT2D eigenvalue weighted by Crippen LogP contribution is -2.22. The van der Waals surface area contributed by atoms with Crippen LogP contribution in [-0.4, -0.2) is 21.6 Å². The Labute approximate surface area is 112 Å². The Hall–Kier alpha value is -3.02. The Balaban J connectivity index is 2.39. The van der Waals surface area contributed by atoms with Gasteiger partial charge in [-0.05, 0) is 12.1 Å². The van der Waals surface area contributed by atoms with Gasteiger partial charge in [0.25, 0.3) is 5.69 Å². The van der Waals surface area contributed by atoms with Crippen molar-refractivity contribution in [2.45, 2.75) is 0 Å². The summed E-state index contributed by atoms with van der Waals surface area (Å²) in [5, 5.41) is 20.8. The van der Waals surface area contributed by atoms with Gasteiger partial charge in [0.05, 0.1) is 10.5 Å². The van der Waals surface area contributed by atoms with Crippen molar-refractivity contribution in [2.24, 2.45) is 0 Å². The summed E-state index contributed by atoms with van der Waals surface area (Å²) in [6.07, 6.45) is 0. The van der Waals surface area contributed by atoms with Gasteiger partial charge in [0.2, 0.25) is 5.78 Å². The van der Waals surface area contributed by atoms with E-state index in [2.05, 4.69) is 0 Å². The van der Waals surface area contributed by atoms with E-state index in [4.69, 9.17) is 0 Å². The van der Waals surface area contributed by atoms with Gasteiger partial charge in [-0.15, -0.1) is 0 Å². The molecule has 0 aliphatic heterocycles. The molecule has 0 unspecified atom stereocenters. The highest BCUT2D eigenvalue weighted by Crippen LogP contribution is 2.36. The summed E-state index contributed by atoms with van der Waals surface area (Å²) in [5.74, 6) is -1.57. The molecule has 0 amide bonds. The third kappa shape index (κ3) is 1.45. The van der Waals surface area contributed by atoms with E-state index in [0.717, 1.165) is 6.07 Å². The van der Waals surface area contributed by atoms with E-state index in [1.165, 1.54) is 30.3 Å². The number of aromatic hydroxyl groups is 1. The minimum Gasteiger partial charge on any atom is -0.507 e. The number of hydrogen-bond donors (Lipinski definition) is 1. The largest absolute Gasteiger partial charge is 0.507 e. The normalized spacial score (nSPS) is 12.8. The smallest absolute Gasteiger partial charge is 0.281 e. The van der Waals surface area contributed by atoms with Crippen molar-refractivity contribution < 1.29 is 19.6 Å². The molecule has 6 nitrogen and oxygen atoms in total. The summed E-state index contributed by atoms with van der Waals surface area (Å²) in [7, 11) is 0. The summed E-state index contributed by atoms with van der Waals surface area (Å²) in [6, 6.07) is 8.02. The average molecular weight is 269 g/mol. The van der Waals surface area contributed by atoms with Crippen molar-refractivity contribution in [3.63, 3.8) is 0 Å². The molecule has 1 N–H and O–H groups in total. The number of nitrogens with zero attached hydrogens (tertiary/aromatic N) is 1. The Morgan fingerprint density at radius 2 is 1.50 bits per heavy atom. The number of benzene rings is 2. The van der Waals surface area contributed by atoms with Crippen LogP contribution in [0.5, 0.6) is 5.75 Å². The minimum atomic E-state index is -0.713. The molecule has 20 heavy (non-hydrogen) atoms. The van der Waals surface area contributed by atoms with Gasteiger partial charge in [-0.3, -0.25) is 19.7 Å². The summed E-state index contributed by atoms with van der Waals surface area (Å²) in [4.78, 5) is 35.0. The summed E-state index contributed by atoms with van der Waals surface area (Å²) < 4.78 is 0. The Morgan fingerprint density at radius 3 is 2.15 bits per heavy atom. The molecular formula is C14H7NO5. The first kappa shape index (κ1) is 12.0. The van der Waals surface area contributed by atoms with Gasteiger partial charge >= 0.3 is 0 Å². The monoisotopic (exact) mass is 269 g/mol. The van der Waals surface area contributed by atoms with Gasteiger partial charge in [0, 0.05) is 17.2 Å². The van der Waals surface area contributed by atoms with E-state index in [0.29, 0.717) is 0 Å². The lowest BCUT2D eigenvalue weighted by molar-refractivity contribution is -0.385. The van der Waals surface area contributed by atoms with E-state index in [-0.39, 0.29) is 28.0 Å². The maximum absolute atomic E-state index is 12.4. The number of phenols is 1. The molecule has 0 atom stereocenters. The number of fused-ring (bicyclic) bond motifs is 2. The maximum atomic E-state index is 12.4. The first-order valence-electron chi connectivity index (χ1n) is 5.71. The van der Waals surface area contributed by atoms with Crippen LogP contribution in [0.4, 0.5) is 5.69 Å². The Bertz CT molecular complexity index is 794. The lowest BCUT2D eigenvalue weighted by Gasteiger charge is -2.17. The molecule has 3 rings (SSSR count). The number of nitro groups is 1. The molecule has 2 aromatic rings. The fourth-order valence-corrected chi connectivity index (χ4v) is 2.36. The van der Waals surface area contributed by atoms with Gasteiger partial charge in [0.15, 0.2) is 5.78 Å². The van der Waals surface area contributed by atoms with Gasteiger partial charge in [-0.25, -0.2) is 0 Å². The number of phenolic OH excluding ortho intramolecular Hbond substituents is 1. The number of carbonyl (C=O) groups excluding carboxylic acids is 2. The molecule has 0 bridgehead atoms. The first-order valence-corrected chi connectivity index (χ1v) is 5.71. The molecule has 0 heterocycles. The van der Waals surface area contributed by atoms with E-state index in [1.807, 2.05) is 0 Å². The van der Waals surface area contributed by atoms with E-state index < -0.39 is 22.2 Å². The fourth-order valence-electron chi connectivity index (χ4n) is 2.36. The third-order valence-electron chi connectivity index (χ3n) is 3.22. The molecule has 1 aliphatic rings. The number of nitro benzene ring substituents is 1. The Kier molecular flexibility index (Phi) is 2.40. The van der Waals surface area contributed by atoms with Crippen LogP contribution < -0.4 is 0 Å². The van der Waals surface area contributed by atoms with Crippen LogP contribution in [0.15, 0.2) is 36.4 Å². The van der Waals surface area contributed by atoms with Crippen molar-refractivity contribution in [2.75, 3.05) is 0 Å². The summed E-state index contributed by atoms with van der Waals surface area (Å²) in [5.41, 5.74) is -0.837. The van der Waals surface area contributed by atoms with Crippen molar-refractivity contribution in [1.82, 2.24) is 0 Å². The number of ketones is 2. The highest BCUT2D eigenvalue weighted by Gasteiger charge is 2.36. The lowest BCUT2D eigenvalue weighted by atomic mass is 9.83. The predicted molar refractivity (Wildman–Crippen MR) is 68.1 cm³/mol. The minimum absolute atomic E-state index is 0.0118. The van der Waals surface area contributed by atoms with Crippen LogP contribution in [-0.2, 0) is 0 Å². The standard InChI is InChI=1S/C14H7NO5/c16-10-6-2-4-8-12(10)14(18)11-7(13(8)17)3-1-5-9(11)15(19)20/h1-6,16H. The van der Waals surface area contributed by atoms with Crippen molar-refractivity contribution in [1.29, 1.82) is 0 Å². The van der Waals surface area contributed by atoms with Crippen LogP contribution >= 0.6 is 0 Å². The van der Waals surface area contributed by atoms with Gasteiger partial charge in [-0.1, -0.05) is 18.2 Å². The van der Waals surface area contributed by atoms with Crippen LogP contribution in [0.25, 0.3) is 0 Å². The molecule has 1 aliphatic carbocycles. The molecule has 0 saturated heterocycles. The topological polar surface area (TPSA) is 97.5 Å². The fraction of sp³-hybridized carbons (Fsp3) is 0. The number of carbonyl (C=O) groups is 2. The van der Waals surface area contributed by atoms with Crippen LogP contribution in [0.3, 0.4) is 0 Å². The predicted octanol–water partition coefficient (Wildman–Crippen LogP) is 2.08. The molecule has 0 saturated carbocycles. The number of rotatable bonds is 1. The highest BCUT2D eigenvalue weighted by atomic mass is 16.6. The first-order chi connectivity index (χ1) is 9.52. The summed E-state index contributed by atoms with van der Waals surface area (Å²) >= 11 is 0. The second kappa shape index (κ2) is 3.99. The quantitative estimate of drug-likeness (QED) is 0.538. The molecular weight excluding hydrogens is 262 g/mol. The van der Waals surface area contributed by atoms with Crippen LogP contribution in [0, 0.1) is 10.1 Å². The molecule has 98 valence electrons. The zero-order chi connectivity index (χ0) is 14.4. The highest BCUT2D eigenvalue weighted by molar-refractivity contribution is 6.30. The van der Waals surface area contributed by atoms with Gasteiger partial charge < -0.3 is 5.11 Å². The SMILES string of the molecule is O=C1c2cccc(O)c2C(=O)c2c1cccc2[N+](=O)[O-]. The maximum Gasteiger partial charge on any atom is 0.281 e. The molecule has 6 heteroatoms. The van der Waals surface area contributed by atoms with Crippen LogP contribution in [0.2, 0.25) is 0 Å². The van der Waals surface area contributed by atoms with Crippen LogP contribution in [0.1, 0.15) is 31.8 Å². The molecule has 0 aromatic heterocycles. The second-order valence-electron chi connectivity index (χ2n) is 4.31. The van der Waals surface area contributed by atoms with Crippen molar-refractivity contribution >= 4 is 17.3 Å². The Morgan fingerprint density at radius 1 is 0.900 bits per heavy atom. The van der Waals surface area contributed by atoms with E-state index in [9.17, 15) is 24.8 Å². The zero-order valence-corrected chi connectivity index (χ0v) is 9.99.